The van der Waals surface area contributed by atoms with Crippen LogP contribution in [-0.2, 0) is 6.54 Å². The van der Waals surface area contributed by atoms with Crippen molar-refractivity contribution in [2.45, 2.75) is 6.54 Å². The summed E-state index contributed by atoms with van der Waals surface area (Å²) in [6.45, 7) is 0.405. The topological polar surface area (TPSA) is 90.1 Å². The van der Waals surface area contributed by atoms with Gasteiger partial charge in [0.15, 0.2) is 0 Å². The van der Waals surface area contributed by atoms with Crippen molar-refractivity contribution in [2.24, 2.45) is 0 Å². The zero-order chi connectivity index (χ0) is 19.2. The number of nitrogens with one attached hydrogen (secondary N) is 3. The fourth-order valence-corrected chi connectivity index (χ4v) is 2.58. The lowest BCUT2D eigenvalue weighted by molar-refractivity contribution is 0.102. The highest BCUT2D eigenvalue weighted by molar-refractivity contribution is 6.07. The Kier molecular flexibility index (Phi) is 5.51. The van der Waals surface area contributed by atoms with E-state index >= 15 is 0 Å². The number of H-pyrrole nitrogens is 1. The predicted molar refractivity (Wildman–Crippen MR) is 107 cm³/mol. The van der Waals surface area contributed by atoms with Gasteiger partial charge in [0.25, 0.3) is 11.5 Å². The molecule has 1 aromatic carbocycles. The number of carbonyl (C=O) groups is 1. The van der Waals surface area contributed by atoms with Gasteiger partial charge in [0.2, 0.25) is 0 Å². The summed E-state index contributed by atoms with van der Waals surface area (Å²) >= 11 is 0. The van der Waals surface area contributed by atoms with E-state index in [2.05, 4.69) is 20.6 Å². The quantitative estimate of drug-likeness (QED) is 0.626. The molecule has 0 aliphatic heterocycles. The fourth-order valence-electron chi connectivity index (χ4n) is 2.58. The molecular weight excluding hydrogens is 342 g/mol. The second-order valence-corrected chi connectivity index (χ2v) is 6.17. The smallest absolute Gasteiger partial charge is 0.263 e. The third kappa shape index (κ3) is 4.52. The van der Waals surface area contributed by atoms with Crippen LogP contribution in [0, 0.1) is 0 Å². The van der Waals surface area contributed by atoms with Gasteiger partial charge in [-0.3, -0.25) is 14.6 Å². The van der Waals surface area contributed by atoms with Gasteiger partial charge >= 0.3 is 0 Å². The molecule has 7 nitrogen and oxygen atoms in total. The number of amides is 1. The molecule has 3 aromatic rings. The van der Waals surface area contributed by atoms with Gasteiger partial charge in [0.05, 0.1) is 17.9 Å². The third-order valence-corrected chi connectivity index (χ3v) is 4.02. The number of hydrogen-bond acceptors (Lipinski definition) is 5. The number of hydrogen-bond donors (Lipinski definition) is 3. The normalized spacial score (nSPS) is 10.3. The van der Waals surface area contributed by atoms with Crippen LogP contribution in [0.2, 0.25) is 0 Å². The van der Waals surface area contributed by atoms with E-state index in [1.165, 1.54) is 6.20 Å². The molecule has 3 rings (SSSR count). The van der Waals surface area contributed by atoms with Gasteiger partial charge in [-0.2, -0.15) is 0 Å². The number of rotatable bonds is 6. The lowest BCUT2D eigenvalue weighted by Gasteiger charge is -2.14. The van der Waals surface area contributed by atoms with Crippen molar-refractivity contribution in [3.63, 3.8) is 0 Å². The first-order chi connectivity index (χ1) is 13.0. The second-order valence-electron chi connectivity index (χ2n) is 6.17. The minimum absolute atomic E-state index is 0.0325. The van der Waals surface area contributed by atoms with E-state index in [1.54, 1.807) is 24.4 Å². The Labute approximate surface area is 157 Å². The molecule has 0 aliphatic rings. The molecule has 7 heteroatoms. The first kappa shape index (κ1) is 18.2. The highest BCUT2D eigenvalue weighted by Crippen LogP contribution is 2.18. The number of anilines is 3. The minimum Gasteiger partial charge on any atom is -0.379 e. The molecule has 0 atom stereocenters. The van der Waals surface area contributed by atoms with Crippen molar-refractivity contribution in [3.8, 4) is 0 Å². The van der Waals surface area contributed by atoms with Gasteiger partial charge in [0.1, 0.15) is 5.56 Å². The number of pyridine rings is 2. The Bertz CT molecular complexity index is 966. The monoisotopic (exact) mass is 363 g/mol. The summed E-state index contributed by atoms with van der Waals surface area (Å²) in [5.41, 5.74) is 2.47. The van der Waals surface area contributed by atoms with Gasteiger partial charge in [0, 0.05) is 37.9 Å². The standard InChI is InChI=1S/C20H21N5O2/c1-25(2)16-8-6-14(7-9-16)24-20(27)18-17(10-12-22-19(18)26)23-13-15-5-3-4-11-21-15/h3-12H,13H2,1-2H3,(H,24,27)(H2,22,23,26). The maximum atomic E-state index is 12.7. The third-order valence-electron chi connectivity index (χ3n) is 4.02. The van der Waals surface area contributed by atoms with Crippen LogP contribution >= 0.6 is 0 Å². The fraction of sp³-hybridized carbons (Fsp3) is 0.150. The van der Waals surface area contributed by atoms with Gasteiger partial charge in [-0.05, 0) is 42.5 Å². The van der Waals surface area contributed by atoms with Crippen molar-refractivity contribution in [1.82, 2.24) is 9.97 Å². The summed E-state index contributed by atoms with van der Waals surface area (Å²) < 4.78 is 0. The maximum Gasteiger partial charge on any atom is 0.263 e. The van der Waals surface area contributed by atoms with Gasteiger partial charge < -0.3 is 20.5 Å². The molecule has 0 radical (unpaired) electrons. The maximum absolute atomic E-state index is 12.7. The minimum atomic E-state index is -0.474. The van der Waals surface area contributed by atoms with Crippen molar-refractivity contribution in [1.29, 1.82) is 0 Å². The van der Waals surface area contributed by atoms with Crippen LogP contribution < -0.4 is 21.1 Å². The van der Waals surface area contributed by atoms with Crippen LogP contribution in [-0.4, -0.2) is 30.0 Å². The van der Waals surface area contributed by atoms with Gasteiger partial charge in [-0.1, -0.05) is 6.07 Å². The Balaban J connectivity index is 1.78. The first-order valence-corrected chi connectivity index (χ1v) is 8.49. The summed E-state index contributed by atoms with van der Waals surface area (Å²) in [6.07, 6.45) is 3.20. The average Bonchev–Trinajstić information content (AvgIpc) is 2.67. The Morgan fingerprint density at radius 1 is 1.11 bits per heavy atom. The molecule has 2 heterocycles. The summed E-state index contributed by atoms with van der Waals surface area (Å²) in [4.78, 5) is 33.7. The number of aromatic amines is 1. The summed E-state index contributed by atoms with van der Waals surface area (Å²) in [5.74, 6) is -0.474. The molecule has 0 aliphatic carbocycles. The second kappa shape index (κ2) is 8.18. The molecule has 1 amide bonds. The molecule has 3 N–H and O–H groups in total. The predicted octanol–water partition coefficient (Wildman–Crippen LogP) is 2.70. The molecule has 0 bridgehead atoms. The molecule has 0 unspecified atom stereocenters. The van der Waals surface area contributed by atoms with Crippen molar-refractivity contribution in [2.75, 3.05) is 29.6 Å². The zero-order valence-electron chi connectivity index (χ0n) is 15.2. The van der Waals surface area contributed by atoms with Crippen molar-refractivity contribution < 1.29 is 4.79 Å². The SMILES string of the molecule is CN(C)c1ccc(NC(=O)c2c(NCc3ccccn3)cc[nH]c2=O)cc1. The molecule has 0 fully saturated rings. The summed E-state index contributed by atoms with van der Waals surface area (Å²) in [6, 6.07) is 14.6. The zero-order valence-corrected chi connectivity index (χ0v) is 15.2. The number of aromatic nitrogens is 2. The molecular formula is C20H21N5O2. The first-order valence-electron chi connectivity index (χ1n) is 8.49. The Morgan fingerprint density at radius 2 is 1.89 bits per heavy atom. The van der Waals surface area contributed by atoms with Crippen LogP contribution in [0.1, 0.15) is 16.1 Å². The van der Waals surface area contributed by atoms with Gasteiger partial charge in [-0.25, -0.2) is 0 Å². The molecule has 0 saturated heterocycles. The van der Waals surface area contributed by atoms with Crippen LogP contribution in [0.4, 0.5) is 17.1 Å². The number of nitrogens with zero attached hydrogens (tertiary/aromatic N) is 2. The van der Waals surface area contributed by atoms with E-state index in [4.69, 9.17) is 0 Å². The van der Waals surface area contributed by atoms with E-state index in [0.717, 1.165) is 11.4 Å². The number of benzene rings is 1. The van der Waals surface area contributed by atoms with Crippen LogP contribution in [0.3, 0.4) is 0 Å². The van der Waals surface area contributed by atoms with Gasteiger partial charge in [-0.15, -0.1) is 0 Å². The molecule has 0 spiro atoms. The van der Waals surface area contributed by atoms with E-state index in [-0.39, 0.29) is 5.56 Å². The molecule has 2 aromatic heterocycles. The van der Waals surface area contributed by atoms with E-state index in [0.29, 0.717) is 17.9 Å². The average molecular weight is 363 g/mol. The molecule has 27 heavy (non-hydrogen) atoms. The molecule has 138 valence electrons. The largest absolute Gasteiger partial charge is 0.379 e. The van der Waals surface area contributed by atoms with E-state index in [1.807, 2.05) is 49.3 Å². The summed E-state index contributed by atoms with van der Waals surface area (Å²) in [5, 5.41) is 5.88. The van der Waals surface area contributed by atoms with Crippen LogP contribution in [0.5, 0.6) is 0 Å². The van der Waals surface area contributed by atoms with E-state index < -0.39 is 11.5 Å². The van der Waals surface area contributed by atoms with Crippen LogP contribution in [0.25, 0.3) is 0 Å². The Hall–Kier alpha value is -3.61. The van der Waals surface area contributed by atoms with E-state index in [9.17, 15) is 9.59 Å². The lowest BCUT2D eigenvalue weighted by atomic mass is 10.2. The molecule has 0 saturated carbocycles. The Morgan fingerprint density at radius 3 is 2.56 bits per heavy atom. The highest BCUT2D eigenvalue weighted by atomic mass is 16.2. The summed E-state index contributed by atoms with van der Waals surface area (Å²) in [7, 11) is 3.88. The highest BCUT2D eigenvalue weighted by Gasteiger charge is 2.16. The van der Waals surface area contributed by atoms with Crippen LogP contribution in [0.15, 0.2) is 65.7 Å². The lowest BCUT2D eigenvalue weighted by Crippen LogP contribution is -2.25. The number of carbonyl (C=O) groups excluding carboxylic acids is 1. The van der Waals surface area contributed by atoms with Crippen molar-refractivity contribution >= 4 is 23.0 Å². The van der Waals surface area contributed by atoms with Crippen molar-refractivity contribution in [3.05, 3.63) is 82.5 Å².